The largest absolute Gasteiger partial charge is 0.491 e. The molecule has 0 aliphatic heterocycles. The van der Waals surface area contributed by atoms with E-state index in [1.54, 1.807) is 19.3 Å². The Bertz CT molecular complexity index is 741. The van der Waals surface area contributed by atoms with E-state index in [4.69, 9.17) is 21.1 Å². The van der Waals surface area contributed by atoms with Gasteiger partial charge in [0.25, 0.3) is 0 Å². The topological polar surface area (TPSA) is 67.8 Å². The highest BCUT2D eigenvalue weighted by Crippen LogP contribution is 2.20. The summed E-state index contributed by atoms with van der Waals surface area (Å²) in [7, 11) is 1.74. The lowest BCUT2D eigenvalue weighted by Gasteiger charge is -2.15. The van der Waals surface area contributed by atoms with Gasteiger partial charge >= 0.3 is 0 Å². The van der Waals surface area contributed by atoms with Crippen LogP contribution in [0.2, 0.25) is 5.15 Å². The highest BCUT2D eigenvalue weighted by atomic mass is 127. The number of pyridine rings is 1. The Balaban J connectivity index is 0.00000392. The van der Waals surface area contributed by atoms with E-state index in [9.17, 15) is 0 Å². The minimum atomic E-state index is 0. The third kappa shape index (κ3) is 8.62. The molecular weight excluding hydrogens is 491 g/mol. The predicted molar refractivity (Wildman–Crippen MR) is 125 cm³/mol. The number of halogens is 2. The molecule has 0 unspecified atom stereocenters. The molecular formula is C20H28ClIN4O2. The number of hydrogen-bond donors (Lipinski definition) is 2. The van der Waals surface area contributed by atoms with E-state index >= 15 is 0 Å². The van der Waals surface area contributed by atoms with Gasteiger partial charge in [0.15, 0.2) is 5.96 Å². The molecule has 2 aromatic rings. The molecule has 0 radical (unpaired) electrons. The highest BCUT2D eigenvalue weighted by molar-refractivity contribution is 14.0. The van der Waals surface area contributed by atoms with Crippen molar-refractivity contribution in [3.63, 3.8) is 0 Å². The summed E-state index contributed by atoms with van der Waals surface area (Å²) in [4.78, 5) is 8.33. The molecule has 1 aromatic carbocycles. The van der Waals surface area contributed by atoms with E-state index in [1.807, 2.05) is 26.0 Å². The van der Waals surface area contributed by atoms with E-state index in [2.05, 4.69) is 32.7 Å². The van der Waals surface area contributed by atoms with Crippen molar-refractivity contribution in [2.75, 3.05) is 26.9 Å². The number of aryl methyl sites for hydroxylation is 1. The second-order valence-electron chi connectivity index (χ2n) is 5.93. The van der Waals surface area contributed by atoms with Gasteiger partial charge in [-0.2, -0.15) is 0 Å². The predicted octanol–water partition coefficient (Wildman–Crippen LogP) is 3.94. The van der Waals surface area contributed by atoms with Gasteiger partial charge in [0.2, 0.25) is 0 Å². The fourth-order valence-electron chi connectivity index (χ4n) is 2.39. The van der Waals surface area contributed by atoms with Crippen molar-refractivity contribution in [1.29, 1.82) is 0 Å². The molecule has 0 aliphatic carbocycles. The summed E-state index contributed by atoms with van der Waals surface area (Å²) in [5.41, 5.74) is 3.24. The van der Waals surface area contributed by atoms with Gasteiger partial charge in [-0.1, -0.05) is 29.8 Å². The number of nitrogens with zero attached hydrogens (tertiary/aromatic N) is 2. The zero-order chi connectivity index (χ0) is 19.5. The van der Waals surface area contributed by atoms with Crippen LogP contribution in [0, 0.1) is 6.92 Å². The standard InChI is InChI=1S/C20H27ClN4O2.HI/c1-4-26-9-10-27-18-11-15(2)5-7-17(18)14-25-20(22-3)24-13-16-6-8-19(21)23-12-16;/h5-8,11-12H,4,9-10,13-14H2,1-3H3,(H2,22,24,25);1H. The Morgan fingerprint density at radius 1 is 1.14 bits per heavy atom. The van der Waals surface area contributed by atoms with Crippen molar-refractivity contribution in [3.05, 3.63) is 58.4 Å². The van der Waals surface area contributed by atoms with Crippen molar-refractivity contribution < 1.29 is 9.47 Å². The van der Waals surface area contributed by atoms with Gasteiger partial charge in [-0.05, 0) is 37.1 Å². The van der Waals surface area contributed by atoms with Gasteiger partial charge in [-0.3, -0.25) is 4.99 Å². The van der Waals surface area contributed by atoms with Crippen molar-refractivity contribution in [1.82, 2.24) is 15.6 Å². The van der Waals surface area contributed by atoms with Gasteiger partial charge in [0.1, 0.15) is 17.5 Å². The molecule has 28 heavy (non-hydrogen) atoms. The van der Waals surface area contributed by atoms with Gasteiger partial charge in [-0.15, -0.1) is 24.0 Å². The van der Waals surface area contributed by atoms with Crippen LogP contribution in [0.15, 0.2) is 41.5 Å². The zero-order valence-corrected chi connectivity index (χ0v) is 19.6. The number of ether oxygens (including phenoxy) is 2. The van der Waals surface area contributed by atoms with Crippen LogP contribution in [0.25, 0.3) is 0 Å². The minimum absolute atomic E-state index is 0. The Kier molecular flexibility index (Phi) is 11.9. The molecule has 8 heteroatoms. The fraction of sp³-hybridized carbons (Fsp3) is 0.400. The van der Waals surface area contributed by atoms with Crippen molar-refractivity contribution in [2.45, 2.75) is 26.9 Å². The second kappa shape index (κ2) is 13.6. The van der Waals surface area contributed by atoms with E-state index < -0.39 is 0 Å². The minimum Gasteiger partial charge on any atom is -0.491 e. The number of hydrogen-bond acceptors (Lipinski definition) is 4. The molecule has 2 N–H and O–H groups in total. The molecule has 0 saturated carbocycles. The average molecular weight is 519 g/mol. The summed E-state index contributed by atoms with van der Waals surface area (Å²) in [5, 5.41) is 7.05. The number of guanidine groups is 1. The molecule has 1 heterocycles. The SMILES string of the molecule is CCOCCOc1cc(C)ccc1CNC(=NC)NCc1ccc(Cl)nc1.I. The molecule has 0 aliphatic rings. The first kappa shape index (κ1) is 24.5. The Morgan fingerprint density at radius 2 is 1.93 bits per heavy atom. The molecule has 0 atom stereocenters. The number of aromatic nitrogens is 1. The van der Waals surface area contributed by atoms with Crippen LogP contribution >= 0.6 is 35.6 Å². The third-order valence-electron chi connectivity index (χ3n) is 3.83. The van der Waals surface area contributed by atoms with E-state index in [1.165, 1.54) is 0 Å². The second-order valence-corrected chi connectivity index (χ2v) is 6.31. The first-order chi connectivity index (χ1) is 13.1. The van der Waals surface area contributed by atoms with Crippen LogP contribution in [-0.2, 0) is 17.8 Å². The monoisotopic (exact) mass is 518 g/mol. The maximum Gasteiger partial charge on any atom is 0.191 e. The smallest absolute Gasteiger partial charge is 0.191 e. The molecule has 2 rings (SSSR count). The maximum atomic E-state index is 5.88. The third-order valence-corrected chi connectivity index (χ3v) is 4.05. The van der Waals surface area contributed by atoms with Crippen molar-refractivity contribution in [2.24, 2.45) is 4.99 Å². The lowest BCUT2D eigenvalue weighted by atomic mass is 10.1. The first-order valence-corrected chi connectivity index (χ1v) is 9.35. The molecule has 1 aromatic heterocycles. The molecule has 0 spiro atoms. The van der Waals surface area contributed by atoms with Gasteiger partial charge in [-0.25, -0.2) is 4.98 Å². The number of aliphatic imine (C=N–C) groups is 1. The molecule has 0 amide bonds. The number of rotatable bonds is 9. The van der Waals surface area contributed by atoms with E-state index in [0.717, 1.165) is 22.4 Å². The average Bonchev–Trinajstić information content (AvgIpc) is 2.68. The summed E-state index contributed by atoms with van der Waals surface area (Å²) in [6.45, 7) is 7.03. The van der Waals surface area contributed by atoms with Crippen LogP contribution in [0.4, 0.5) is 0 Å². The Hall–Kier alpha value is -1.58. The van der Waals surface area contributed by atoms with Gasteiger partial charge in [0, 0.05) is 38.5 Å². The summed E-state index contributed by atoms with van der Waals surface area (Å²) in [6, 6.07) is 9.88. The van der Waals surface area contributed by atoms with E-state index in [0.29, 0.717) is 44.0 Å². The number of nitrogens with one attached hydrogen (secondary N) is 2. The van der Waals surface area contributed by atoms with Gasteiger partial charge < -0.3 is 20.1 Å². The summed E-state index contributed by atoms with van der Waals surface area (Å²) >= 11 is 5.81. The lowest BCUT2D eigenvalue weighted by molar-refractivity contribution is 0.110. The molecule has 6 nitrogen and oxygen atoms in total. The van der Waals surface area contributed by atoms with Crippen LogP contribution < -0.4 is 15.4 Å². The summed E-state index contributed by atoms with van der Waals surface area (Å²) in [5.74, 6) is 1.56. The summed E-state index contributed by atoms with van der Waals surface area (Å²) < 4.78 is 11.2. The normalized spacial score (nSPS) is 10.9. The maximum absolute atomic E-state index is 5.88. The van der Waals surface area contributed by atoms with Crippen LogP contribution in [-0.4, -0.2) is 37.8 Å². The van der Waals surface area contributed by atoms with Crippen molar-refractivity contribution in [3.8, 4) is 5.75 Å². The Morgan fingerprint density at radius 3 is 2.61 bits per heavy atom. The Labute approximate surface area is 189 Å². The van der Waals surface area contributed by atoms with Crippen LogP contribution in [0.3, 0.4) is 0 Å². The van der Waals surface area contributed by atoms with Crippen LogP contribution in [0.1, 0.15) is 23.6 Å². The summed E-state index contributed by atoms with van der Waals surface area (Å²) in [6.07, 6.45) is 1.74. The van der Waals surface area contributed by atoms with E-state index in [-0.39, 0.29) is 24.0 Å². The first-order valence-electron chi connectivity index (χ1n) is 8.97. The number of benzene rings is 1. The lowest BCUT2D eigenvalue weighted by Crippen LogP contribution is -2.36. The van der Waals surface area contributed by atoms with Gasteiger partial charge in [0.05, 0.1) is 6.61 Å². The van der Waals surface area contributed by atoms with Crippen LogP contribution in [0.5, 0.6) is 5.75 Å². The van der Waals surface area contributed by atoms with Crippen molar-refractivity contribution >= 4 is 41.5 Å². The molecule has 0 bridgehead atoms. The highest BCUT2D eigenvalue weighted by Gasteiger charge is 2.06. The molecule has 0 saturated heterocycles. The molecule has 0 fully saturated rings. The molecule has 154 valence electrons. The zero-order valence-electron chi connectivity index (χ0n) is 16.5. The quantitative estimate of drug-likeness (QED) is 0.173. The fourth-order valence-corrected chi connectivity index (χ4v) is 2.51.